The van der Waals surface area contributed by atoms with Crippen LogP contribution in [-0.2, 0) is 9.53 Å². The Morgan fingerprint density at radius 3 is 2.68 bits per heavy atom. The Morgan fingerprint density at radius 1 is 1.37 bits per heavy atom. The van der Waals surface area contributed by atoms with Crippen molar-refractivity contribution in [1.29, 1.82) is 0 Å². The highest BCUT2D eigenvalue weighted by Crippen LogP contribution is 2.19. The fraction of sp³-hybridized carbons (Fsp3) is 0.438. The second kappa shape index (κ2) is 6.41. The van der Waals surface area contributed by atoms with Crippen molar-refractivity contribution in [2.24, 2.45) is 0 Å². The molecule has 1 N–H and O–H groups in total. The van der Waals surface area contributed by atoms with Crippen molar-refractivity contribution in [3.8, 4) is 0 Å². The Balaban J connectivity index is 2.04. The predicted octanol–water partition coefficient (Wildman–Crippen LogP) is 3.26. The predicted molar refractivity (Wildman–Crippen MR) is 75.6 cm³/mol. The summed E-state index contributed by atoms with van der Waals surface area (Å²) < 4.78 is 5.39. The molecule has 3 heteroatoms. The molecule has 0 radical (unpaired) electrons. The standard InChI is InChI=1S/C16H21NO2/c1-3-14(13-9-7-12(2)8-10-13)17-16(18)15-6-4-5-11-19-15/h6-10,14H,3-5,11H2,1-2H3,(H,17,18). The topological polar surface area (TPSA) is 38.3 Å². The maximum Gasteiger partial charge on any atom is 0.286 e. The lowest BCUT2D eigenvalue weighted by molar-refractivity contribution is -0.122. The minimum atomic E-state index is -0.105. The van der Waals surface area contributed by atoms with Gasteiger partial charge < -0.3 is 10.1 Å². The lowest BCUT2D eigenvalue weighted by Crippen LogP contribution is -2.31. The molecule has 0 fully saturated rings. The van der Waals surface area contributed by atoms with Crippen LogP contribution in [0.2, 0.25) is 0 Å². The third kappa shape index (κ3) is 3.60. The highest BCUT2D eigenvalue weighted by atomic mass is 16.5. The van der Waals surface area contributed by atoms with E-state index in [1.54, 1.807) is 0 Å². The number of hydrogen-bond donors (Lipinski definition) is 1. The summed E-state index contributed by atoms with van der Waals surface area (Å²) >= 11 is 0. The van der Waals surface area contributed by atoms with Crippen LogP contribution in [0.5, 0.6) is 0 Å². The molecule has 0 aliphatic carbocycles. The smallest absolute Gasteiger partial charge is 0.286 e. The van der Waals surface area contributed by atoms with Crippen LogP contribution in [0.3, 0.4) is 0 Å². The third-order valence-electron chi connectivity index (χ3n) is 3.35. The van der Waals surface area contributed by atoms with Gasteiger partial charge in [0.1, 0.15) is 0 Å². The third-order valence-corrected chi connectivity index (χ3v) is 3.35. The highest BCUT2D eigenvalue weighted by Gasteiger charge is 2.18. The van der Waals surface area contributed by atoms with Gasteiger partial charge in [-0.3, -0.25) is 4.79 Å². The van der Waals surface area contributed by atoms with E-state index in [1.165, 1.54) is 5.56 Å². The van der Waals surface area contributed by atoms with Gasteiger partial charge in [-0.25, -0.2) is 0 Å². The maximum absolute atomic E-state index is 12.1. The van der Waals surface area contributed by atoms with E-state index in [1.807, 2.05) is 6.08 Å². The first-order valence-corrected chi connectivity index (χ1v) is 6.91. The van der Waals surface area contributed by atoms with Crippen molar-refractivity contribution in [2.45, 2.75) is 39.2 Å². The molecule has 3 nitrogen and oxygen atoms in total. The van der Waals surface area contributed by atoms with Crippen LogP contribution >= 0.6 is 0 Å². The molecule has 1 heterocycles. The fourth-order valence-corrected chi connectivity index (χ4v) is 2.17. The Kier molecular flexibility index (Phi) is 4.61. The molecular formula is C16H21NO2. The molecular weight excluding hydrogens is 238 g/mol. The summed E-state index contributed by atoms with van der Waals surface area (Å²) in [4.78, 5) is 12.1. The molecule has 2 rings (SSSR count). The molecule has 0 saturated carbocycles. The van der Waals surface area contributed by atoms with Crippen LogP contribution in [0, 0.1) is 6.92 Å². The lowest BCUT2D eigenvalue weighted by Gasteiger charge is -2.20. The van der Waals surface area contributed by atoms with Gasteiger partial charge in [-0.05, 0) is 37.8 Å². The highest BCUT2D eigenvalue weighted by molar-refractivity contribution is 5.91. The van der Waals surface area contributed by atoms with Crippen LogP contribution in [0.4, 0.5) is 0 Å². The second-order valence-corrected chi connectivity index (χ2v) is 4.90. The van der Waals surface area contributed by atoms with Gasteiger partial charge in [0.05, 0.1) is 12.6 Å². The lowest BCUT2D eigenvalue weighted by atomic mass is 10.0. The minimum Gasteiger partial charge on any atom is -0.488 e. The number of allylic oxidation sites excluding steroid dienone is 1. The molecule has 1 aromatic rings. The van der Waals surface area contributed by atoms with Gasteiger partial charge in [0.15, 0.2) is 5.76 Å². The number of rotatable bonds is 4. The Bertz CT molecular complexity index is 462. The molecule has 19 heavy (non-hydrogen) atoms. The van der Waals surface area contributed by atoms with E-state index in [4.69, 9.17) is 4.74 Å². The van der Waals surface area contributed by atoms with Crippen LogP contribution < -0.4 is 5.32 Å². The van der Waals surface area contributed by atoms with Crippen molar-refractivity contribution in [1.82, 2.24) is 5.32 Å². The van der Waals surface area contributed by atoms with Gasteiger partial charge in [-0.1, -0.05) is 36.8 Å². The summed E-state index contributed by atoms with van der Waals surface area (Å²) in [5.41, 5.74) is 2.36. The molecule has 0 bridgehead atoms. The van der Waals surface area contributed by atoms with E-state index in [0.29, 0.717) is 12.4 Å². The first-order chi connectivity index (χ1) is 9.20. The molecule has 0 aromatic heterocycles. The van der Waals surface area contributed by atoms with Crippen LogP contribution in [-0.4, -0.2) is 12.5 Å². The van der Waals surface area contributed by atoms with E-state index in [9.17, 15) is 4.79 Å². The molecule has 1 amide bonds. The van der Waals surface area contributed by atoms with Crippen LogP contribution in [0.15, 0.2) is 36.1 Å². The largest absolute Gasteiger partial charge is 0.488 e. The summed E-state index contributed by atoms with van der Waals surface area (Å²) in [7, 11) is 0. The average Bonchev–Trinajstić information content (AvgIpc) is 2.46. The first-order valence-electron chi connectivity index (χ1n) is 6.91. The molecule has 102 valence electrons. The Hall–Kier alpha value is -1.77. The molecule has 0 saturated heterocycles. The Labute approximate surface area is 114 Å². The number of ether oxygens (including phenoxy) is 1. The SMILES string of the molecule is CCC(NC(=O)C1=CCCCO1)c1ccc(C)cc1. The Morgan fingerprint density at radius 2 is 2.11 bits per heavy atom. The number of hydrogen-bond acceptors (Lipinski definition) is 2. The first kappa shape index (κ1) is 13.7. The van der Waals surface area contributed by atoms with Crippen LogP contribution in [0.25, 0.3) is 0 Å². The monoisotopic (exact) mass is 259 g/mol. The molecule has 1 unspecified atom stereocenters. The van der Waals surface area contributed by atoms with E-state index < -0.39 is 0 Å². The van der Waals surface area contributed by atoms with Gasteiger partial charge >= 0.3 is 0 Å². The number of aryl methyl sites for hydroxylation is 1. The van der Waals surface area contributed by atoms with Gasteiger partial charge in [0.2, 0.25) is 0 Å². The minimum absolute atomic E-state index is 0.0412. The van der Waals surface area contributed by atoms with E-state index in [0.717, 1.165) is 24.8 Å². The molecule has 1 atom stereocenters. The molecule has 1 aliphatic rings. The van der Waals surface area contributed by atoms with E-state index in [-0.39, 0.29) is 11.9 Å². The summed E-state index contributed by atoms with van der Waals surface area (Å²) in [6.07, 6.45) is 4.65. The normalized spacial score (nSPS) is 16.2. The number of carbonyl (C=O) groups excluding carboxylic acids is 1. The number of amides is 1. The van der Waals surface area contributed by atoms with Crippen molar-refractivity contribution in [2.75, 3.05) is 6.61 Å². The van der Waals surface area contributed by atoms with Gasteiger partial charge in [-0.15, -0.1) is 0 Å². The fourth-order valence-electron chi connectivity index (χ4n) is 2.17. The molecule has 1 aliphatic heterocycles. The van der Waals surface area contributed by atoms with Gasteiger partial charge in [0.25, 0.3) is 5.91 Å². The van der Waals surface area contributed by atoms with Crippen molar-refractivity contribution in [3.05, 3.63) is 47.2 Å². The average molecular weight is 259 g/mol. The quantitative estimate of drug-likeness (QED) is 0.901. The van der Waals surface area contributed by atoms with E-state index >= 15 is 0 Å². The summed E-state index contributed by atoms with van der Waals surface area (Å²) in [6, 6.07) is 8.32. The number of benzene rings is 1. The zero-order chi connectivity index (χ0) is 13.7. The van der Waals surface area contributed by atoms with Crippen molar-refractivity contribution < 1.29 is 9.53 Å². The summed E-state index contributed by atoms with van der Waals surface area (Å²) in [5.74, 6) is 0.365. The maximum atomic E-state index is 12.1. The zero-order valence-corrected chi connectivity index (χ0v) is 11.6. The summed E-state index contributed by atoms with van der Waals surface area (Å²) in [5, 5.41) is 3.04. The summed E-state index contributed by atoms with van der Waals surface area (Å²) in [6.45, 7) is 4.77. The van der Waals surface area contributed by atoms with Gasteiger partial charge in [0, 0.05) is 0 Å². The molecule has 0 spiro atoms. The van der Waals surface area contributed by atoms with Crippen molar-refractivity contribution in [3.63, 3.8) is 0 Å². The zero-order valence-electron chi connectivity index (χ0n) is 11.6. The van der Waals surface area contributed by atoms with Crippen LogP contribution in [0.1, 0.15) is 43.4 Å². The number of nitrogens with one attached hydrogen (secondary N) is 1. The van der Waals surface area contributed by atoms with Crippen molar-refractivity contribution >= 4 is 5.91 Å². The molecule has 1 aromatic carbocycles. The second-order valence-electron chi connectivity index (χ2n) is 4.90. The van der Waals surface area contributed by atoms with Gasteiger partial charge in [-0.2, -0.15) is 0 Å². The van der Waals surface area contributed by atoms with E-state index in [2.05, 4.69) is 43.4 Å². The number of carbonyl (C=O) groups is 1.